The number of hydrogen-bond acceptors (Lipinski definition) is 5. The average molecular weight is 369 g/mol. The second-order valence-electron chi connectivity index (χ2n) is 6.70. The molecule has 0 saturated carbocycles. The minimum atomic E-state index is -0.756. The summed E-state index contributed by atoms with van der Waals surface area (Å²) in [5, 5.41) is 9.96. The van der Waals surface area contributed by atoms with Gasteiger partial charge in [-0.2, -0.15) is 0 Å². The first kappa shape index (κ1) is 20.9. The molecule has 0 radical (unpaired) electrons. The van der Waals surface area contributed by atoms with Gasteiger partial charge in [0.15, 0.2) is 0 Å². The summed E-state index contributed by atoms with van der Waals surface area (Å²) in [6.07, 6.45) is 9.37. The van der Waals surface area contributed by atoms with E-state index in [9.17, 15) is 14.7 Å². The molecular weight excluding hydrogens is 342 g/mol. The molecule has 5 nitrogen and oxygen atoms in total. The molecule has 1 aliphatic heterocycles. The molecule has 1 aliphatic rings. The number of rotatable bonds is 8. The van der Waals surface area contributed by atoms with E-state index in [1.165, 1.54) is 19.3 Å². The summed E-state index contributed by atoms with van der Waals surface area (Å²) in [7, 11) is 0. The Bertz CT molecular complexity index is 729. The Labute approximate surface area is 160 Å². The van der Waals surface area contributed by atoms with Gasteiger partial charge in [0, 0.05) is 25.0 Å². The van der Waals surface area contributed by atoms with Crippen molar-refractivity contribution in [2.24, 2.45) is 0 Å². The van der Waals surface area contributed by atoms with Crippen molar-refractivity contribution in [2.45, 2.75) is 70.5 Å². The molecule has 0 aliphatic carbocycles. The SMILES string of the molecule is CCCCCC=CCC(O)C#Cc1cccc(CC2CCC(=O)C(=O)O2)n1. The lowest BCUT2D eigenvalue weighted by Gasteiger charge is -2.20. The van der Waals surface area contributed by atoms with Gasteiger partial charge < -0.3 is 9.84 Å². The van der Waals surface area contributed by atoms with Crippen molar-refractivity contribution in [3.8, 4) is 11.8 Å². The maximum absolute atomic E-state index is 11.4. The second kappa shape index (κ2) is 11.3. The smallest absolute Gasteiger partial charge is 0.374 e. The van der Waals surface area contributed by atoms with Crippen LogP contribution < -0.4 is 0 Å². The highest BCUT2D eigenvalue weighted by Gasteiger charge is 2.28. The number of aliphatic hydroxyl groups is 1. The highest BCUT2D eigenvalue weighted by Crippen LogP contribution is 2.15. The highest BCUT2D eigenvalue weighted by atomic mass is 16.5. The molecule has 1 saturated heterocycles. The molecule has 27 heavy (non-hydrogen) atoms. The minimum absolute atomic E-state index is 0.223. The highest BCUT2D eigenvalue weighted by molar-refractivity contribution is 6.34. The number of hydrogen-bond donors (Lipinski definition) is 1. The lowest BCUT2D eigenvalue weighted by Crippen LogP contribution is -2.32. The van der Waals surface area contributed by atoms with Crippen LogP contribution in [-0.2, 0) is 20.7 Å². The van der Waals surface area contributed by atoms with Crippen molar-refractivity contribution >= 4 is 11.8 Å². The molecule has 144 valence electrons. The molecule has 0 amide bonds. The van der Waals surface area contributed by atoms with Crippen LogP contribution >= 0.6 is 0 Å². The normalized spacial score (nSPS) is 18.1. The van der Waals surface area contributed by atoms with Crippen LogP contribution in [0.15, 0.2) is 30.4 Å². The molecule has 0 bridgehead atoms. The summed E-state index contributed by atoms with van der Waals surface area (Å²) in [4.78, 5) is 27.0. The maximum Gasteiger partial charge on any atom is 0.374 e. The van der Waals surface area contributed by atoms with Crippen LogP contribution in [0, 0.1) is 11.8 Å². The zero-order valence-corrected chi connectivity index (χ0v) is 15.8. The first-order valence-electron chi connectivity index (χ1n) is 9.62. The fraction of sp³-hybridized carbons (Fsp3) is 0.500. The molecule has 2 heterocycles. The van der Waals surface area contributed by atoms with Gasteiger partial charge in [-0.3, -0.25) is 4.79 Å². The van der Waals surface area contributed by atoms with Crippen LogP contribution in [0.5, 0.6) is 0 Å². The van der Waals surface area contributed by atoms with Crippen LogP contribution in [0.3, 0.4) is 0 Å². The van der Waals surface area contributed by atoms with Crippen molar-refractivity contribution < 1.29 is 19.4 Å². The summed E-state index contributed by atoms with van der Waals surface area (Å²) in [5.74, 6) is 4.48. The van der Waals surface area contributed by atoms with Crippen molar-refractivity contribution in [3.63, 3.8) is 0 Å². The predicted molar refractivity (Wildman–Crippen MR) is 103 cm³/mol. The average Bonchev–Trinajstić information content (AvgIpc) is 2.66. The van der Waals surface area contributed by atoms with E-state index < -0.39 is 17.9 Å². The fourth-order valence-electron chi connectivity index (χ4n) is 2.78. The Morgan fingerprint density at radius 1 is 1.33 bits per heavy atom. The largest absolute Gasteiger partial charge is 0.456 e. The third-order valence-corrected chi connectivity index (χ3v) is 4.31. The number of ether oxygens (including phenoxy) is 1. The molecule has 2 unspecified atom stereocenters. The van der Waals surface area contributed by atoms with Crippen LogP contribution in [-0.4, -0.2) is 34.1 Å². The quantitative estimate of drug-likeness (QED) is 0.250. The van der Waals surface area contributed by atoms with E-state index in [4.69, 9.17) is 4.74 Å². The number of Topliss-reactive ketones (excluding diaryl/α,β-unsaturated/α-hetero) is 1. The van der Waals surface area contributed by atoms with Crippen molar-refractivity contribution in [3.05, 3.63) is 41.7 Å². The number of pyridine rings is 1. The number of carbonyl (C=O) groups excluding carboxylic acids is 2. The Hall–Kier alpha value is -2.45. The number of nitrogens with zero attached hydrogens (tertiary/aromatic N) is 1. The van der Waals surface area contributed by atoms with Gasteiger partial charge in [0.25, 0.3) is 0 Å². The maximum atomic E-state index is 11.4. The van der Waals surface area contributed by atoms with E-state index in [-0.39, 0.29) is 12.5 Å². The zero-order valence-electron chi connectivity index (χ0n) is 15.8. The second-order valence-corrected chi connectivity index (χ2v) is 6.70. The van der Waals surface area contributed by atoms with Gasteiger partial charge >= 0.3 is 5.97 Å². The minimum Gasteiger partial charge on any atom is -0.456 e. The standard InChI is InChI=1S/C22H27NO4/c1-2-3-4-5-6-7-11-19(24)13-12-17-9-8-10-18(23-17)16-20-14-15-21(25)22(26)27-20/h6-10,19-20,24H,2-5,11,14-16H2,1H3. The van der Waals surface area contributed by atoms with Gasteiger partial charge in [-0.15, -0.1) is 0 Å². The molecule has 5 heteroatoms. The number of allylic oxidation sites excluding steroid dienone is 1. The van der Waals surface area contributed by atoms with E-state index in [1.54, 1.807) is 6.07 Å². The van der Waals surface area contributed by atoms with E-state index >= 15 is 0 Å². The van der Waals surface area contributed by atoms with Gasteiger partial charge in [0.05, 0.1) is 0 Å². The number of carbonyl (C=O) groups is 2. The Morgan fingerprint density at radius 3 is 2.96 bits per heavy atom. The molecule has 2 rings (SSSR count). The van der Waals surface area contributed by atoms with E-state index in [2.05, 4.69) is 29.8 Å². The number of aliphatic hydroxyl groups excluding tert-OH is 1. The van der Waals surface area contributed by atoms with Crippen molar-refractivity contribution in [1.82, 2.24) is 4.98 Å². The number of aromatic nitrogens is 1. The lowest BCUT2D eigenvalue weighted by atomic mass is 10.0. The van der Waals surface area contributed by atoms with Gasteiger partial charge in [0.1, 0.15) is 17.9 Å². The summed E-state index contributed by atoms with van der Waals surface area (Å²) in [6, 6.07) is 5.45. The monoisotopic (exact) mass is 369 g/mol. The van der Waals surface area contributed by atoms with Crippen LogP contribution in [0.1, 0.15) is 63.3 Å². The predicted octanol–water partition coefficient (Wildman–Crippen LogP) is 3.14. The Morgan fingerprint density at radius 2 is 2.19 bits per heavy atom. The molecule has 1 aromatic rings. The summed E-state index contributed by atoms with van der Waals surface area (Å²) in [6.45, 7) is 2.18. The van der Waals surface area contributed by atoms with Crippen molar-refractivity contribution in [2.75, 3.05) is 0 Å². The molecule has 0 spiro atoms. The zero-order chi connectivity index (χ0) is 19.5. The fourth-order valence-corrected chi connectivity index (χ4v) is 2.78. The third kappa shape index (κ3) is 7.76. The molecule has 1 N–H and O–H groups in total. The van der Waals surface area contributed by atoms with Gasteiger partial charge in [-0.25, -0.2) is 9.78 Å². The number of ketones is 1. The first-order chi connectivity index (χ1) is 13.1. The van der Waals surface area contributed by atoms with Crippen molar-refractivity contribution in [1.29, 1.82) is 0 Å². The summed E-state index contributed by atoms with van der Waals surface area (Å²) < 4.78 is 5.11. The lowest BCUT2D eigenvalue weighted by molar-refractivity contribution is -0.162. The molecular formula is C22H27NO4. The molecule has 1 aromatic heterocycles. The molecule has 2 atom stereocenters. The van der Waals surface area contributed by atoms with E-state index in [1.807, 2.05) is 18.2 Å². The number of cyclic esters (lactones) is 1. The first-order valence-corrected chi connectivity index (χ1v) is 9.62. The van der Waals surface area contributed by atoms with E-state index in [0.717, 1.165) is 12.1 Å². The van der Waals surface area contributed by atoms with E-state index in [0.29, 0.717) is 25.0 Å². The number of esters is 1. The van der Waals surface area contributed by atoms with Crippen LogP contribution in [0.2, 0.25) is 0 Å². The molecule has 1 fully saturated rings. The summed E-state index contributed by atoms with van der Waals surface area (Å²) >= 11 is 0. The third-order valence-electron chi connectivity index (χ3n) is 4.31. The Balaban J connectivity index is 1.84. The van der Waals surface area contributed by atoms with Gasteiger partial charge in [0.2, 0.25) is 5.78 Å². The van der Waals surface area contributed by atoms with Gasteiger partial charge in [-0.1, -0.05) is 43.9 Å². The summed E-state index contributed by atoms with van der Waals surface area (Å²) in [5.41, 5.74) is 1.32. The Kier molecular flexibility index (Phi) is 8.73. The topological polar surface area (TPSA) is 76.5 Å². The number of unbranched alkanes of at least 4 members (excludes halogenated alkanes) is 3. The molecule has 0 aromatic carbocycles. The van der Waals surface area contributed by atoms with Crippen LogP contribution in [0.25, 0.3) is 0 Å². The van der Waals surface area contributed by atoms with Gasteiger partial charge in [-0.05, 0) is 37.3 Å². The van der Waals surface area contributed by atoms with Crippen LogP contribution in [0.4, 0.5) is 0 Å².